The average molecular weight is 362 g/mol. The zero-order valence-corrected chi connectivity index (χ0v) is 15.2. The molecule has 3 heterocycles. The summed E-state index contributed by atoms with van der Waals surface area (Å²) in [6, 6.07) is 1.86. The maximum absolute atomic E-state index is 12.6. The van der Waals surface area contributed by atoms with Crippen LogP contribution in [0.1, 0.15) is 25.6 Å². The molecule has 0 saturated heterocycles. The standard InChI is InChI=1S/C16H18N4O2S2/c1-4-6-20-15(21)14-11(5-7-23-14)17-16(20)24-9-13-18-12(19-22-13)8-10(2)3/h4-5,7,10H,1,6,8-9H2,2-3H3. The Balaban J connectivity index is 1.83. The van der Waals surface area contributed by atoms with Gasteiger partial charge < -0.3 is 4.52 Å². The highest BCUT2D eigenvalue weighted by Crippen LogP contribution is 2.23. The smallest absolute Gasteiger partial charge is 0.272 e. The molecule has 24 heavy (non-hydrogen) atoms. The molecule has 0 saturated carbocycles. The molecule has 0 N–H and O–H groups in total. The van der Waals surface area contributed by atoms with Crippen LogP contribution in [0.2, 0.25) is 0 Å². The molecular formula is C16H18N4O2S2. The van der Waals surface area contributed by atoms with Crippen molar-refractivity contribution < 1.29 is 4.52 Å². The molecule has 3 aromatic heterocycles. The van der Waals surface area contributed by atoms with Crippen molar-refractivity contribution in [1.29, 1.82) is 0 Å². The minimum atomic E-state index is -0.0385. The third kappa shape index (κ3) is 3.59. The second-order valence-electron chi connectivity index (χ2n) is 5.72. The zero-order chi connectivity index (χ0) is 17.1. The molecule has 0 unspecified atom stereocenters. The van der Waals surface area contributed by atoms with Gasteiger partial charge in [-0.05, 0) is 17.4 Å². The Hall–Kier alpha value is -1.93. The molecule has 0 aliphatic heterocycles. The third-order valence-electron chi connectivity index (χ3n) is 3.27. The Kier molecular flexibility index (Phi) is 5.15. The van der Waals surface area contributed by atoms with Crippen molar-refractivity contribution >= 4 is 33.3 Å². The Morgan fingerprint density at radius 3 is 3.04 bits per heavy atom. The number of thioether (sulfide) groups is 1. The lowest BCUT2D eigenvalue weighted by Crippen LogP contribution is -2.21. The van der Waals surface area contributed by atoms with Crippen LogP contribution >= 0.6 is 23.1 Å². The van der Waals surface area contributed by atoms with Gasteiger partial charge >= 0.3 is 0 Å². The number of rotatable bonds is 7. The van der Waals surface area contributed by atoms with Crippen molar-refractivity contribution in [2.75, 3.05) is 0 Å². The van der Waals surface area contributed by atoms with E-state index in [1.165, 1.54) is 23.1 Å². The molecule has 3 aromatic rings. The largest absolute Gasteiger partial charge is 0.338 e. The van der Waals surface area contributed by atoms with Crippen LogP contribution in [0.25, 0.3) is 10.2 Å². The van der Waals surface area contributed by atoms with Gasteiger partial charge in [0, 0.05) is 13.0 Å². The Morgan fingerprint density at radius 2 is 2.29 bits per heavy atom. The van der Waals surface area contributed by atoms with Gasteiger partial charge in [0.1, 0.15) is 4.70 Å². The molecule has 8 heteroatoms. The van der Waals surface area contributed by atoms with Crippen LogP contribution in [0.5, 0.6) is 0 Å². The maximum Gasteiger partial charge on any atom is 0.272 e. The van der Waals surface area contributed by atoms with Gasteiger partial charge in [0.25, 0.3) is 5.56 Å². The lowest BCUT2D eigenvalue weighted by Gasteiger charge is -2.08. The van der Waals surface area contributed by atoms with Crippen molar-refractivity contribution in [2.45, 2.75) is 37.7 Å². The van der Waals surface area contributed by atoms with Gasteiger partial charge in [-0.25, -0.2) is 4.98 Å². The van der Waals surface area contributed by atoms with Crippen LogP contribution in [0.4, 0.5) is 0 Å². The fourth-order valence-corrected chi connectivity index (χ4v) is 3.87. The van der Waals surface area contributed by atoms with E-state index in [4.69, 9.17) is 4.52 Å². The van der Waals surface area contributed by atoms with E-state index in [1.54, 1.807) is 10.6 Å². The minimum absolute atomic E-state index is 0.0385. The van der Waals surface area contributed by atoms with Gasteiger partial charge in [-0.15, -0.1) is 17.9 Å². The summed E-state index contributed by atoms with van der Waals surface area (Å²) in [5.74, 6) is 2.21. The highest BCUT2D eigenvalue weighted by atomic mass is 32.2. The first kappa shape index (κ1) is 16.9. The fraction of sp³-hybridized carbons (Fsp3) is 0.375. The van der Waals surface area contributed by atoms with Gasteiger partial charge in [0.15, 0.2) is 11.0 Å². The minimum Gasteiger partial charge on any atom is -0.338 e. The highest BCUT2D eigenvalue weighted by molar-refractivity contribution is 7.98. The molecule has 0 spiro atoms. The molecule has 0 aliphatic carbocycles. The predicted molar refractivity (Wildman–Crippen MR) is 96.5 cm³/mol. The summed E-state index contributed by atoms with van der Waals surface area (Å²) in [5.41, 5.74) is 0.683. The summed E-state index contributed by atoms with van der Waals surface area (Å²) < 4.78 is 7.57. The summed E-state index contributed by atoms with van der Waals surface area (Å²) >= 11 is 2.82. The Morgan fingerprint density at radius 1 is 1.46 bits per heavy atom. The van der Waals surface area contributed by atoms with E-state index in [0.29, 0.717) is 39.8 Å². The first-order valence-corrected chi connectivity index (χ1v) is 9.48. The summed E-state index contributed by atoms with van der Waals surface area (Å²) in [4.78, 5) is 21.5. The summed E-state index contributed by atoms with van der Waals surface area (Å²) in [7, 11) is 0. The van der Waals surface area contributed by atoms with Crippen LogP contribution in [0.3, 0.4) is 0 Å². The van der Waals surface area contributed by atoms with E-state index in [9.17, 15) is 4.79 Å². The van der Waals surface area contributed by atoms with E-state index in [0.717, 1.165) is 11.9 Å². The third-order valence-corrected chi connectivity index (χ3v) is 5.12. The van der Waals surface area contributed by atoms with E-state index in [1.807, 2.05) is 11.4 Å². The van der Waals surface area contributed by atoms with Gasteiger partial charge in [0.2, 0.25) is 5.89 Å². The average Bonchev–Trinajstić information content (AvgIpc) is 3.17. The first-order valence-electron chi connectivity index (χ1n) is 7.61. The number of hydrogen-bond acceptors (Lipinski definition) is 7. The number of fused-ring (bicyclic) bond motifs is 1. The first-order chi connectivity index (χ1) is 11.6. The van der Waals surface area contributed by atoms with E-state index in [2.05, 4.69) is 35.6 Å². The topological polar surface area (TPSA) is 73.8 Å². The lowest BCUT2D eigenvalue weighted by atomic mass is 10.1. The highest BCUT2D eigenvalue weighted by Gasteiger charge is 2.14. The van der Waals surface area contributed by atoms with E-state index < -0.39 is 0 Å². The van der Waals surface area contributed by atoms with Crippen LogP contribution in [-0.2, 0) is 18.7 Å². The van der Waals surface area contributed by atoms with Crippen LogP contribution in [-0.4, -0.2) is 19.7 Å². The molecule has 3 rings (SSSR count). The summed E-state index contributed by atoms with van der Waals surface area (Å²) in [6.45, 7) is 8.36. The predicted octanol–water partition coefficient (Wildman–Crippen LogP) is 3.52. The molecule has 6 nitrogen and oxygen atoms in total. The van der Waals surface area contributed by atoms with Crippen molar-refractivity contribution in [3.63, 3.8) is 0 Å². The molecule has 0 aromatic carbocycles. The van der Waals surface area contributed by atoms with Gasteiger partial charge in [0.05, 0.1) is 11.3 Å². The number of thiophene rings is 1. The molecule has 0 aliphatic rings. The van der Waals surface area contributed by atoms with Crippen LogP contribution < -0.4 is 5.56 Å². The SMILES string of the molecule is C=CCn1c(SCc2nc(CC(C)C)no2)nc2ccsc2c1=O. The number of nitrogens with zero attached hydrogens (tertiary/aromatic N) is 4. The molecule has 0 atom stereocenters. The molecule has 0 bridgehead atoms. The van der Waals surface area contributed by atoms with E-state index in [-0.39, 0.29) is 5.56 Å². The summed E-state index contributed by atoms with van der Waals surface area (Å²) in [6.07, 6.45) is 2.48. The second kappa shape index (κ2) is 7.31. The maximum atomic E-state index is 12.6. The number of allylic oxidation sites excluding steroid dienone is 1. The molecule has 0 radical (unpaired) electrons. The van der Waals surface area contributed by atoms with E-state index >= 15 is 0 Å². The van der Waals surface area contributed by atoms with Crippen LogP contribution in [0, 0.1) is 5.92 Å². The quantitative estimate of drug-likeness (QED) is 0.364. The fourth-order valence-electron chi connectivity index (χ4n) is 2.25. The second-order valence-corrected chi connectivity index (χ2v) is 7.58. The van der Waals surface area contributed by atoms with Gasteiger partial charge in [-0.2, -0.15) is 4.98 Å². The zero-order valence-electron chi connectivity index (χ0n) is 13.6. The van der Waals surface area contributed by atoms with Crippen molar-refractivity contribution in [3.8, 4) is 0 Å². The van der Waals surface area contributed by atoms with Crippen molar-refractivity contribution in [3.05, 3.63) is 46.2 Å². The molecule has 126 valence electrons. The lowest BCUT2D eigenvalue weighted by molar-refractivity contribution is 0.382. The Labute approximate surface area is 147 Å². The monoisotopic (exact) mass is 362 g/mol. The molecule has 0 amide bonds. The number of hydrogen-bond donors (Lipinski definition) is 0. The van der Waals surface area contributed by atoms with Crippen molar-refractivity contribution in [2.24, 2.45) is 5.92 Å². The number of aromatic nitrogens is 4. The normalized spacial score (nSPS) is 11.5. The van der Waals surface area contributed by atoms with Gasteiger partial charge in [-0.1, -0.05) is 36.8 Å². The van der Waals surface area contributed by atoms with Crippen molar-refractivity contribution in [1.82, 2.24) is 19.7 Å². The molecular weight excluding hydrogens is 344 g/mol. The van der Waals surface area contributed by atoms with Crippen LogP contribution in [0.15, 0.2) is 38.6 Å². The Bertz CT molecular complexity index is 910. The van der Waals surface area contributed by atoms with Gasteiger partial charge in [-0.3, -0.25) is 9.36 Å². The molecule has 0 fully saturated rings. The summed E-state index contributed by atoms with van der Waals surface area (Å²) in [5, 5.41) is 6.49.